The van der Waals surface area contributed by atoms with Crippen molar-refractivity contribution in [2.75, 3.05) is 13.2 Å². The van der Waals surface area contributed by atoms with Gasteiger partial charge in [-0.25, -0.2) is 4.79 Å². The lowest BCUT2D eigenvalue weighted by Gasteiger charge is -2.19. The monoisotopic (exact) mass is 327 g/mol. The molecule has 2 rings (SSSR count). The molecule has 24 heavy (non-hydrogen) atoms. The fourth-order valence-electron chi connectivity index (χ4n) is 2.29. The molecule has 0 bridgehead atoms. The molecular weight excluding hydrogens is 302 g/mol. The molecular formula is C20H25NO3. The zero-order valence-corrected chi connectivity index (χ0v) is 14.5. The van der Waals surface area contributed by atoms with E-state index in [4.69, 9.17) is 9.84 Å². The summed E-state index contributed by atoms with van der Waals surface area (Å²) < 4.78 is 5.79. The number of nitrogens with one attached hydrogen (secondary N) is 1. The fraction of sp³-hybridized carbons (Fsp3) is 0.350. The summed E-state index contributed by atoms with van der Waals surface area (Å²) in [6, 6.07) is 15.1. The summed E-state index contributed by atoms with van der Waals surface area (Å²) >= 11 is 0. The van der Waals surface area contributed by atoms with Crippen LogP contribution in [0.4, 0.5) is 0 Å². The minimum Gasteiger partial charge on any atom is -0.492 e. The topological polar surface area (TPSA) is 58.6 Å². The first-order chi connectivity index (χ1) is 11.4. The zero-order chi connectivity index (χ0) is 17.6. The summed E-state index contributed by atoms with van der Waals surface area (Å²) in [5.41, 5.74) is 2.72. The van der Waals surface area contributed by atoms with Crippen LogP contribution >= 0.6 is 0 Å². The molecule has 0 aliphatic carbocycles. The molecule has 0 heterocycles. The first-order valence-electron chi connectivity index (χ1n) is 8.12. The third kappa shape index (κ3) is 5.39. The molecule has 128 valence electrons. The average molecular weight is 327 g/mol. The van der Waals surface area contributed by atoms with Gasteiger partial charge < -0.3 is 15.2 Å². The van der Waals surface area contributed by atoms with Crippen LogP contribution in [0.3, 0.4) is 0 Å². The minimum absolute atomic E-state index is 0.111. The highest BCUT2D eigenvalue weighted by Crippen LogP contribution is 2.25. The second kappa shape index (κ2) is 7.97. The van der Waals surface area contributed by atoms with Crippen molar-refractivity contribution < 1.29 is 14.6 Å². The molecule has 4 nitrogen and oxygen atoms in total. The van der Waals surface area contributed by atoms with Gasteiger partial charge in [-0.2, -0.15) is 0 Å². The highest BCUT2D eigenvalue weighted by atomic mass is 16.5. The van der Waals surface area contributed by atoms with E-state index in [1.807, 2.05) is 24.3 Å². The number of carboxylic acids is 1. The van der Waals surface area contributed by atoms with Crippen LogP contribution in [-0.2, 0) is 12.0 Å². The molecule has 0 unspecified atom stereocenters. The van der Waals surface area contributed by atoms with E-state index in [0.717, 1.165) is 17.9 Å². The predicted octanol–water partition coefficient (Wildman–Crippen LogP) is 3.85. The Morgan fingerprint density at radius 2 is 1.83 bits per heavy atom. The van der Waals surface area contributed by atoms with E-state index < -0.39 is 5.97 Å². The SMILES string of the molecule is CC(C)(C)c1cccc(OCCNCc2ccc(C(=O)O)cc2)c1. The van der Waals surface area contributed by atoms with E-state index in [2.05, 4.69) is 38.2 Å². The van der Waals surface area contributed by atoms with Gasteiger partial charge in [0.15, 0.2) is 0 Å². The largest absolute Gasteiger partial charge is 0.492 e. The number of aromatic carboxylic acids is 1. The Bertz CT molecular complexity index is 672. The molecule has 0 fully saturated rings. The van der Waals surface area contributed by atoms with Gasteiger partial charge in [-0.3, -0.25) is 0 Å². The lowest BCUT2D eigenvalue weighted by atomic mass is 9.87. The summed E-state index contributed by atoms with van der Waals surface area (Å²) in [6.07, 6.45) is 0. The Morgan fingerprint density at radius 1 is 1.12 bits per heavy atom. The molecule has 0 atom stereocenters. The van der Waals surface area contributed by atoms with Crippen molar-refractivity contribution in [3.05, 3.63) is 65.2 Å². The van der Waals surface area contributed by atoms with Gasteiger partial charge in [0.2, 0.25) is 0 Å². The smallest absolute Gasteiger partial charge is 0.335 e. The third-order valence-corrected chi connectivity index (χ3v) is 3.78. The van der Waals surface area contributed by atoms with Crippen LogP contribution in [-0.4, -0.2) is 24.2 Å². The first-order valence-corrected chi connectivity index (χ1v) is 8.12. The number of carbonyl (C=O) groups is 1. The fourth-order valence-corrected chi connectivity index (χ4v) is 2.29. The quantitative estimate of drug-likeness (QED) is 0.758. The van der Waals surface area contributed by atoms with Gasteiger partial charge in [0.1, 0.15) is 12.4 Å². The highest BCUT2D eigenvalue weighted by molar-refractivity contribution is 5.87. The van der Waals surface area contributed by atoms with Crippen molar-refractivity contribution in [1.29, 1.82) is 0 Å². The Hall–Kier alpha value is -2.33. The van der Waals surface area contributed by atoms with Crippen molar-refractivity contribution in [3.8, 4) is 5.75 Å². The molecule has 0 saturated carbocycles. The Labute approximate surface area is 143 Å². The van der Waals surface area contributed by atoms with Crippen LogP contribution in [0.15, 0.2) is 48.5 Å². The van der Waals surface area contributed by atoms with Crippen LogP contribution in [0.5, 0.6) is 5.75 Å². The third-order valence-electron chi connectivity index (χ3n) is 3.78. The number of rotatable bonds is 7. The molecule has 0 aliphatic heterocycles. The lowest BCUT2D eigenvalue weighted by molar-refractivity contribution is 0.0697. The molecule has 0 amide bonds. The Balaban J connectivity index is 1.74. The number of ether oxygens (including phenoxy) is 1. The summed E-state index contributed by atoms with van der Waals surface area (Å²) in [5, 5.41) is 12.2. The number of carboxylic acid groups (broad SMARTS) is 1. The van der Waals surface area contributed by atoms with Crippen molar-refractivity contribution in [2.45, 2.75) is 32.7 Å². The summed E-state index contributed by atoms with van der Waals surface area (Å²) in [4.78, 5) is 10.8. The van der Waals surface area contributed by atoms with E-state index in [1.165, 1.54) is 5.56 Å². The van der Waals surface area contributed by atoms with E-state index in [9.17, 15) is 4.79 Å². The van der Waals surface area contributed by atoms with E-state index in [1.54, 1.807) is 12.1 Å². The second-order valence-electron chi connectivity index (χ2n) is 6.81. The standard InChI is InChI=1S/C20H25NO3/c1-20(2,3)17-5-4-6-18(13-17)24-12-11-21-14-15-7-9-16(10-8-15)19(22)23/h4-10,13,21H,11-12,14H2,1-3H3,(H,22,23). The number of hydrogen-bond acceptors (Lipinski definition) is 3. The summed E-state index contributed by atoms with van der Waals surface area (Å²) in [6.45, 7) is 8.54. The second-order valence-corrected chi connectivity index (χ2v) is 6.81. The Morgan fingerprint density at radius 3 is 2.46 bits per heavy atom. The van der Waals surface area contributed by atoms with Crippen LogP contribution in [0.2, 0.25) is 0 Å². The molecule has 2 aromatic carbocycles. The molecule has 0 aromatic heterocycles. The molecule has 0 aliphatic rings. The summed E-state index contributed by atoms with van der Waals surface area (Å²) in [5.74, 6) is -0.0181. The normalized spacial score (nSPS) is 11.3. The first kappa shape index (κ1) is 18.0. The summed E-state index contributed by atoms with van der Waals surface area (Å²) in [7, 11) is 0. The van der Waals surface area contributed by atoms with E-state index in [-0.39, 0.29) is 5.41 Å². The zero-order valence-electron chi connectivity index (χ0n) is 14.5. The van der Waals surface area contributed by atoms with Gasteiger partial charge in [-0.05, 0) is 40.8 Å². The maximum atomic E-state index is 10.8. The highest BCUT2D eigenvalue weighted by Gasteiger charge is 2.13. The van der Waals surface area contributed by atoms with Crippen LogP contribution < -0.4 is 10.1 Å². The minimum atomic E-state index is -0.902. The van der Waals surface area contributed by atoms with Gasteiger partial charge >= 0.3 is 5.97 Å². The molecule has 0 radical (unpaired) electrons. The van der Waals surface area contributed by atoms with E-state index in [0.29, 0.717) is 18.7 Å². The van der Waals surface area contributed by atoms with Crippen LogP contribution in [0.25, 0.3) is 0 Å². The van der Waals surface area contributed by atoms with E-state index >= 15 is 0 Å². The van der Waals surface area contributed by atoms with Gasteiger partial charge in [0, 0.05) is 13.1 Å². The molecule has 0 saturated heterocycles. The van der Waals surface area contributed by atoms with Crippen molar-refractivity contribution in [3.63, 3.8) is 0 Å². The van der Waals surface area contributed by atoms with Crippen molar-refractivity contribution in [1.82, 2.24) is 5.32 Å². The van der Waals surface area contributed by atoms with Crippen LogP contribution in [0, 0.1) is 0 Å². The van der Waals surface area contributed by atoms with Crippen molar-refractivity contribution >= 4 is 5.97 Å². The van der Waals surface area contributed by atoms with Gasteiger partial charge in [0.25, 0.3) is 0 Å². The van der Waals surface area contributed by atoms with Gasteiger partial charge in [0.05, 0.1) is 5.56 Å². The van der Waals surface area contributed by atoms with Crippen LogP contribution in [0.1, 0.15) is 42.3 Å². The predicted molar refractivity (Wildman–Crippen MR) is 95.7 cm³/mol. The molecule has 0 spiro atoms. The lowest BCUT2D eigenvalue weighted by Crippen LogP contribution is -2.20. The van der Waals surface area contributed by atoms with Crippen molar-refractivity contribution in [2.24, 2.45) is 0 Å². The van der Waals surface area contributed by atoms with Gasteiger partial charge in [-0.1, -0.05) is 45.0 Å². The molecule has 4 heteroatoms. The average Bonchev–Trinajstić information content (AvgIpc) is 2.54. The Kier molecular flexibility index (Phi) is 5.99. The maximum absolute atomic E-state index is 10.8. The molecule has 2 aromatic rings. The maximum Gasteiger partial charge on any atom is 0.335 e. The molecule has 2 N–H and O–H groups in total. The number of benzene rings is 2. The van der Waals surface area contributed by atoms with Gasteiger partial charge in [-0.15, -0.1) is 0 Å². The number of hydrogen-bond donors (Lipinski definition) is 2.